The number of hydrogen-bond donors (Lipinski definition) is 2. The molecule has 0 saturated heterocycles. The van der Waals surface area contributed by atoms with E-state index in [0.717, 1.165) is 12.0 Å². The number of esters is 1. The van der Waals surface area contributed by atoms with Gasteiger partial charge in [-0.05, 0) is 30.7 Å². The number of ether oxygens (including phenoxy) is 1. The number of carbonyl (C=O) groups excluding carboxylic acids is 2. The fourth-order valence-electron chi connectivity index (χ4n) is 4.13. The number of amides is 1. The van der Waals surface area contributed by atoms with E-state index >= 15 is 0 Å². The first-order chi connectivity index (χ1) is 15.1. The summed E-state index contributed by atoms with van der Waals surface area (Å²) in [7, 11) is 1.26. The lowest BCUT2D eigenvalue weighted by atomic mass is 9.86. The maximum absolute atomic E-state index is 12.7. The Morgan fingerprint density at radius 3 is 2.68 bits per heavy atom. The van der Waals surface area contributed by atoms with E-state index in [4.69, 9.17) is 4.42 Å². The van der Waals surface area contributed by atoms with Crippen molar-refractivity contribution in [2.24, 2.45) is 5.92 Å². The molecule has 0 spiro atoms. The predicted octanol–water partition coefficient (Wildman–Crippen LogP) is 3.97. The summed E-state index contributed by atoms with van der Waals surface area (Å²) in [6.07, 6.45) is 8.68. The van der Waals surface area contributed by atoms with E-state index < -0.39 is 18.1 Å². The average Bonchev–Trinajstić information content (AvgIpc) is 3.30. The van der Waals surface area contributed by atoms with Gasteiger partial charge in [-0.3, -0.25) is 4.79 Å². The zero-order valence-corrected chi connectivity index (χ0v) is 18.1. The van der Waals surface area contributed by atoms with E-state index in [2.05, 4.69) is 15.0 Å². The quantitative estimate of drug-likeness (QED) is 0.555. The fourth-order valence-corrected chi connectivity index (χ4v) is 4.13. The molecule has 0 bridgehead atoms. The number of hydrogen-bond acceptors (Lipinski definition) is 6. The summed E-state index contributed by atoms with van der Waals surface area (Å²) in [5.41, 5.74) is 1.10. The van der Waals surface area contributed by atoms with Crippen LogP contribution in [0.1, 0.15) is 79.4 Å². The van der Waals surface area contributed by atoms with Gasteiger partial charge in [-0.25, -0.2) is 9.78 Å². The van der Waals surface area contributed by atoms with Gasteiger partial charge in [0, 0.05) is 6.42 Å². The molecule has 2 atom stereocenters. The molecule has 1 aromatic carbocycles. The summed E-state index contributed by atoms with van der Waals surface area (Å²) >= 11 is 0. The Morgan fingerprint density at radius 2 is 1.97 bits per heavy atom. The van der Waals surface area contributed by atoms with Gasteiger partial charge in [0.1, 0.15) is 12.3 Å². The van der Waals surface area contributed by atoms with Crippen LogP contribution in [-0.2, 0) is 16.0 Å². The van der Waals surface area contributed by atoms with Crippen molar-refractivity contribution in [2.45, 2.75) is 69.9 Å². The van der Waals surface area contributed by atoms with E-state index in [1.54, 1.807) is 0 Å². The van der Waals surface area contributed by atoms with Crippen molar-refractivity contribution in [1.29, 1.82) is 0 Å². The molecule has 1 heterocycles. The van der Waals surface area contributed by atoms with E-state index in [9.17, 15) is 14.7 Å². The first kappa shape index (κ1) is 23.0. The summed E-state index contributed by atoms with van der Waals surface area (Å²) in [5.74, 6) is -0.0797. The van der Waals surface area contributed by atoms with Crippen molar-refractivity contribution < 1.29 is 23.8 Å². The highest BCUT2D eigenvalue weighted by Gasteiger charge is 2.29. The van der Waals surface area contributed by atoms with Crippen LogP contribution in [0.3, 0.4) is 0 Å². The van der Waals surface area contributed by atoms with Crippen LogP contribution in [0, 0.1) is 5.92 Å². The largest absolute Gasteiger partial charge is 0.464 e. The summed E-state index contributed by atoms with van der Waals surface area (Å²) < 4.78 is 10.1. The van der Waals surface area contributed by atoms with Crippen molar-refractivity contribution >= 4 is 11.9 Å². The second-order valence-electron chi connectivity index (χ2n) is 8.24. The molecule has 0 aliphatic heterocycles. The van der Waals surface area contributed by atoms with Gasteiger partial charge in [0.2, 0.25) is 11.8 Å². The summed E-state index contributed by atoms with van der Waals surface area (Å²) in [5, 5.41) is 13.7. The zero-order valence-electron chi connectivity index (χ0n) is 18.1. The molecule has 3 rings (SSSR count). The normalized spacial score (nSPS) is 16.5. The maximum Gasteiger partial charge on any atom is 0.360 e. The van der Waals surface area contributed by atoms with Gasteiger partial charge >= 0.3 is 5.97 Å². The molecule has 0 radical (unpaired) electrons. The van der Waals surface area contributed by atoms with Crippen LogP contribution in [0.4, 0.5) is 0 Å². The lowest BCUT2D eigenvalue weighted by Gasteiger charge is -2.23. The highest BCUT2D eigenvalue weighted by molar-refractivity contribution is 5.86. The molecule has 2 N–H and O–H groups in total. The van der Waals surface area contributed by atoms with Gasteiger partial charge in [0.15, 0.2) is 5.69 Å². The van der Waals surface area contributed by atoms with Crippen molar-refractivity contribution in [1.82, 2.24) is 10.3 Å². The highest BCUT2D eigenvalue weighted by Crippen LogP contribution is 2.27. The molecule has 1 fully saturated rings. The van der Waals surface area contributed by atoms with Crippen LogP contribution in [0.25, 0.3) is 0 Å². The number of aryl methyl sites for hydroxylation is 1. The van der Waals surface area contributed by atoms with Crippen molar-refractivity contribution in [2.75, 3.05) is 7.11 Å². The number of nitrogens with one attached hydrogen (secondary N) is 1. The number of methoxy groups -OCH3 is 1. The fraction of sp³-hybridized carbons (Fsp3) is 0.542. The first-order valence-electron chi connectivity index (χ1n) is 11.1. The maximum atomic E-state index is 12.7. The third-order valence-corrected chi connectivity index (χ3v) is 5.96. The molecule has 1 saturated carbocycles. The minimum atomic E-state index is -0.914. The topological polar surface area (TPSA) is 102 Å². The Bertz CT molecular complexity index is 830. The van der Waals surface area contributed by atoms with Gasteiger partial charge in [-0.2, -0.15) is 0 Å². The molecule has 1 aromatic heterocycles. The Labute approximate surface area is 183 Å². The van der Waals surface area contributed by atoms with Gasteiger partial charge in [0.25, 0.3) is 0 Å². The molecule has 1 aliphatic carbocycles. The lowest BCUT2D eigenvalue weighted by Crippen LogP contribution is -2.37. The Hall–Kier alpha value is -2.67. The van der Waals surface area contributed by atoms with Gasteiger partial charge in [-0.15, -0.1) is 0 Å². The van der Waals surface area contributed by atoms with Crippen LogP contribution in [0.5, 0.6) is 0 Å². The number of oxazole rings is 1. The molecule has 7 heteroatoms. The third-order valence-electron chi connectivity index (χ3n) is 5.96. The second kappa shape index (κ2) is 11.6. The SMILES string of the molecule is COC(=O)c1coc(C(NC(=O)CCC2CCCCC2)[C@@H](O)CCc2ccccc2)n1. The van der Waals surface area contributed by atoms with Crippen LogP contribution >= 0.6 is 0 Å². The molecular formula is C24H32N2O5. The van der Waals surface area contributed by atoms with Crippen molar-refractivity contribution in [3.63, 3.8) is 0 Å². The van der Waals surface area contributed by atoms with Crippen molar-refractivity contribution in [3.05, 3.63) is 53.7 Å². The number of benzene rings is 1. The standard InChI is InChI=1S/C24H32N2O5/c1-30-24(29)19-16-31-23(25-19)22(20(27)14-12-17-8-4-2-5-9-17)26-21(28)15-13-18-10-6-3-7-11-18/h2,4-5,8-9,16,18,20,22,27H,3,6-7,10-15H2,1H3,(H,26,28)/t20-,22?/m0/s1. The Balaban J connectivity index is 1.64. The van der Waals surface area contributed by atoms with E-state index in [1.165, 1.54) is 45.5 Å². The third kappa shape index (κ3) is 6.92. The minimum Gasteiger partial charge on any atom is -0.464 e. The summed E-state index contributed by atoms with van der Waals surface area (Å²) in [4.78, 5) is 28.5. The van der Waals surface area contributed by atoms with Crippen LogP contribution in [-0.4, -0.2) is 35.2 Å². The molecule has 7 nitrogen and oxygen atoms in total. The van der Waals surface area contributed by atoms with Gasteiger partial charge < -0.3 is 19.6 Å². The summed E-state index contributed by atoms with van der Waals surface area (Å²) in [6.45, 7) is 0. The zero-order chi connectivity index (χ0) is 22.1. The first-order valence-corrected chi connectivity index (χ1v) is 11.1. The molecule has 168 valence electrons. The lowest BCUT2D eigenvalue weighted by molar-refractivity contribution is -0.123. The van der Waals surface area contributed by atoms with E-state index in [1.807, 2.05) is 30.3 Å². The van der Waals surface area contributed by atoms with E-state index in [-0.39, 0.29) is 17.5 Å². The van der Waals surface area contributed by atoms with Crippen LogP contribution in [0.2, 0.25) is 0 Å². The predicted molar refractivity (Wildman–Crippen MR) is 115 cm³/mol. The van der Waals surface area contributed by atoms with Crippen LogP contribution in [0.15, 0.2) is 41.0 Å². The van der Waals surface area contributed by atoms with Gasteiger partial charge in [-0.1, -0.05) is 62.4 Å². The Morgan fingerprint density at radius 1 is 1.23 bits per heavy atom. The number of aromatic nitrogens is 1. The van der Waals surface area contributed by atoms with Crippen molar-refractivity contribution in [3.8, 4) is 0 Å². The summed E-state index contributed by atoms with van der Waals surface area (Å²) in [6, 6.07) is 8.99. The molecule has 1 aliphatic rings. The number of nitrogens with zero attached hydrogens (tertiary/aromatic N) is 1. The monoisotopic (exact) mass is 428 g/mol. The van der Waals surface area contributed by atoms with Gasteiger partial charge in [0.05, 0.1) is 13.2 Å². The highest BCUT2D eigenvalue weighted by atomic mass is 16.5. The van der Waals surface area contributed by atoms with E-state index in [0.29, 0.717) is 25.2 Å². The number of aliphatic hydroxyl groups is 1. The Kier molecular flexibility index (Phi) is 8.64. The molecule has 31 heavy (non-hydrogen) atoms. The molecular weight excluding hydrogens is 396 g/mol. The smallest absolute Gasteiger partial charge is 0.360 e. The number of carbonyl (C=O) groups is 2. The van der Waals surface area contributed by atoms with Crippen LogP contribution < -0.4 is 5.32 Å². The molecule has 2 aromatic rings. The minimum absolute atomic E-state index is 0.00853. The number of rotatable bonds is 10. The number of aliphatic hydroxyl groups excluding tert-OH is 1. The molecule has 1 amide bonds. The molecule has 1 unspecified atom stereocenters. The second-order valence-corrected chi connectivity index (χ2v) is 8.24. The average molecular weight is 429 g/mol.